The first-order chi connectivity index (χ1) is 6.76. The van der Waals surface area contributed by atoms with Crippen molar-refractivity contribution in [3.05, 3.63) is 0 Å². The molecule has 1 amide bonds. The molecule has 0 radical (unpaired) electrons. The fraction of sp³-hybridized carbons (Fsp3) is 0.900. The maximum Gasteiger partial charge on any atom is 0.243 e. The minimum atomic E-state index is -0.0215. The fourth-order valence-corrected chi connectivity index (χ4v) is 1.67. The normalized spacial score (nSPS) is 25.6. The number of hydrogen-bond acceptors (Lipinski definition) is 3. The molecule has 0 spiro atoms. The molecule has 1 saturated carbocycles. The molecular weight excluding hydrogens is 182 g/mol. The van der Waals surface area contributed by atoms with Gasteiger partial charge in [-0.2, -0.15) is 0 Å². The number of carbonyl (C=O) groups excluding carboxylic acids is 1. The van der Waals surface area contributed by atoms with Crippen LogP contribution in [0.25, 0.3) is 0 Å². The number of hydrogen-bond donors (Lipinski definition) is 1. The lowest BCUT2D eigenvalue weighted by atomic mass is 9.80. The number of nitrogens with one attached hydrogen (secondary N) is 1. The Hall–Kier alpha value is -0.610. The minimum absolute atomic E-state index is 0.0215. The van der Waals surface area contributed by atoms with Crippen molar-refractivity contribution in [3.63, 3.8) is 0 Å². The van der Waals surface area contributed by atoms with Crippen LogP contribution in [0.5, 0.6) is 0 Å². The van der Waals surface area contributed by atoms with Crippen molar-refractivity contribution in [1.82, 2.24) is 5.48 Å². The van der Waals surface area contributed by atoms with E-state index in [0.717, 1.165) is 19.4 Å². The highest BCUT2D eigenvalue weighted by molar-refractivity contribution is 5.75. The molecule has 4 nitrogen and oxygen atoms in total. The van der Waals surface area contributed by atoms with Crippen molar-refractivity contribution in [2.45, 2.75) is 39.2 Å². The number of rotatable bonds is 6. The molecule has 1 aliphatic rings. The Labute approximate surface area is 84.9 Å². The van der Waals surface area contributed by atoms with E-state index in [0.29, 0.717) is 25.0 Å². The number of ether oxygens (including phenoxy) is 1. The Morgan fingerprint density at radius 3 is 2.64 bits per heavy atom. The van der Waals surface area contributed by atoms with E-state index in [1.807, 2.05) is 13.8 Å². The molecule has 1 rings (SSSR count). The summed E-state index contributed by atoms with van der Waals surface area (Å²) in [5.74, 6) is 0.457. The second-order valence-corrected chi connectivity index (χ2v) is 3.58. The van der Waals surface area contributed by atoms with E-state index in [4.69, 9.17) is 9.57 Å². The zero-order valence-corrected chi connectivity index (χ0v) is 8.91. The third-order valence-electron chi connectivity index (χ3n) is 2.40. The molecule has 0 unspecified atom stereocenters. The summed E-state index contributed by atoms with van der Waals surface area (Å²) in [5, 5.41) is 0. The first-order valence-electron chi connectivity index (χ1n) is 5.28. The average Bonchev–Trinajstić information content (AvgIpc) is 2.11. The summed E-state index contributed by atoms with van der Waals surface area (Å²) in [6.07, 6.45) is 2.95. The second-order valence-electron chi connectivity index (χ2n) is 3.58. The van der Waals surface area contributed by atoms with Gasteiger partial charge in [0.05, 0.1) is 12.7 Å². The van der Waals surface area contributed by atoms with Crippen LogP contribution in [0.4, 0.5) is 0 Å². The van der Waals surface area contributed by atoms with E-state index in [2.05, 4.69) is 5.48 Å². The molecule has 0 aromatic rings. The summed E-state index contributed by atoms with van der Waals surface area (Å²) in [6.45, 7) is 5.12. The zero-order valence-electron chi connectivity index (χ0n) is 8.91. The monoisotopic (exact) mass is 201 g/mol. The highest BCUT2D eigenvalue weighted by Crippen LogP contribution is 2.32. The topological polar surface area (TPSA) is 47.6 Å². The van der Waals surface area contributed by atoms with Crippen molar-refractivity contribution in [2.75, 3.05) is 13.2 Å². The van der Waals surface area contributed by atoms with Crippen molar-refractivity contribution < 1.29 is 14.4 Å². The van der Waals surface area contributed by atoms with Gasteiger partial charge in [-0.05, 0) is 32.6 Å². The van der Waals surface area contributed by atoms with Gasteiger partial charge in [-0.25, -0.2) is 5.48 Å². The van der Waals surface area contributed by atoms with Gasteiger partial charge in [0.1, 0.15) is 0 Å². The van der Waals surface area contributed by atoms with Crippen LogP contribution in [0.1, 0.15) is 33.1 Å². The maximum atomic E-state index is 11.2. The van der Waals surface area contributed by atoms with Crippen LogP contribution in [0.15, 0.2) is 0 Å². The van der Waals surface area contributed by atoms with Gasteiger partial charge in [-0.1, -0.05) is 0 Å². The van der Waals surface area contributed by atoms with Crippen LogP contribution < -0.4 is 5.48 Å². The van der Waals surface area contributed by atoms with Gasteiger partial charge in [-0.3, -0.25) is 9.63 Å². The molecule has 0 heterocycles. The zero-order chi connectivity index (χ0) is 10.4. The molecule has 0 aliphatic heterocycles. The van der Waals surface area contributed by atoms with Gasteiger partial charge < -0.3 is 4.74 Å². The van der Waals surface area contributed by atoms with Crippen LogP contribution in [0.2, 0.25) is 0 Å². The average molecular weight is 201 g/mol. The Kier molecular flexibility index (Phi) is 4.90. The molecule has 14 heavy (non-hydrogen) atoms. The summed E-state index contributed by atoms with van der Waals surface area (Å²) in [5.41, 5.74) is 2.40. The highest BCUT2D eigenvalue weighted by atomic mass is 16.6. The van der Waals surface area contributed by atoms with E-state index in [-0.39, 0.29) is 5.91 Å². The van der Waals surface area contributed by atoms with Crippen LogP contribution in [0, 0.1) is 5.92 Å². The van der Waals surface area contributed by atoms with Crippen molar-refractivity contribution >= 4 is 5.91 Å². The lowest BCUT2D eigenvalue weighted by Gasteiger charge is -2.34. The Morgan fingerprint density at radius 2 is 2.07 bits per heavy atom. The molecule has 0 aromatic carbocycles. The molecule has 82 valence electrons. The number of hydroxylamine groups is 1. The molecule has 1 N–H and O–H groups in total. The third kappa shape index (κ3) is 3.64. The lowest BCUT2D eigenvalue weighted by molar-refractivity contribution is -0.136. The number of amides is 1. The lowest BCUT2D eigenvalue weighted by Crippen LogP contribution is -2.35. The van der Waals surface area contributed by atoms with E-state index in [1.54, 1.807) is 0 Å². The molecular formula is C10H19NO3. The summed E-state index contributed by atoms with van der Waals surface area (Å²) in [7, 11) is 0. The summed E-state index contributed by atoms with van der Waals surface area (Å²) >= 11 is 0. The van der Waals surface area contributed by atoms with Gasteiger partial charge in [-0.15, -0.1) is 0 Å². The van der Waals surface area contributed by atoms with E-state index < -0.39 is 0 Å². The summed E-state index contributed by atoms with van der Waals surface area (Å²) in [4.78, 5) is 16.0. The smallest absolute Gasteiger partial charge is 0.243 e. The second kappa shape index (κ2) is 5.98. The van der Waals surface area contributed by atoms with Crippen molar-refractivity contribution in [2.24, 2.45) is 5.92 Å². The van der Waals surface area contributed by atoms with Gasteiger partial charge in [0.15, 0.2) is 0 Å². The fourth-order valence-electron chi connectivity index (χ4n) is 1.67. The summed E-state index contributed by atoms with van der Waals surface area (Å²) in [6, 6.07) is 0. The van der Waals surface area contributed by atoms with Gasteiger partial charge in [0, 0.05) is 13.0 Å². The summed E-state index contributed by atoms with van der Waals surface area (Å²) < 4.78 is 5.41. The van der Waals surface area contributed by atoms with Gasteiger partial charge in [0.2, 0.25) is 5.91 Å². The van der Waals surface area contributed by atoms with Crippen molar-refractivity contribution in [1.29, 1.82) is 0 Å². The Bertz CT molecular complexity index is 178. The van der Waals surface area contributed by atoms with Crippen LogP contribution in [-0.4, -0.2) is 25.2 Å². The van der Waals surface area contributed by atoms with Gasteiger partial charge >= 0.3 is 0 Å². The molecule has 4 heteroatoms. The standard InChI is InChI=1S/C10H19NO3/c1-3-13-9-5-8(6-9)7-10(12)11-14-4-2/h8-9H,3-7H2,1-2H3,(H,11,12). The van der Waals surface area contributed by atoms with Crippen LogP contribution in [-0.2, 0) is 14.4 Å². The predicted molar refractivity (Wildman–Crippen MR) is 52.5 cm³/mol. The molecule has 0 aromatic heterocycles. The Morgan fingerprint density at radius 1 is 1.36 bits per heavy atom. The molecule has 1 aliphatic carbocycles. The Balaban J connectivity index is 2.01. The third-order valence-corrected chi connectivity index (χ3v) is 2.40. The van der Waals surface area contributed by atoms with Gasteiger partial charge in [0.25, 0.3) is 0 Å². The van der Waals surface area contributed by atoms with Crippen LogP contribution >= 0.6 is 0 Å². The van der Waals surface area contributed by atoms with E-state index in [1.165, 1.54) is 0 Å². The first kappa shape index (κ1) is 11.5. The number of carbonyl (C=O) groups is 1. The van der Waals surface area contributed by atoms with Crippen molar-refractivity contribution in [3.8, 4) is 0 Å². The largest absolute Gasteiger partial charge is 0.378 e. The molecule has 0 saturated heterocycles. The van der Waals surface area contributed by atoms with E-state index in [9.17, 15) is 4.79 Å². The SMILES string of the molecule is CCONC(=O)CC1CC(OCC)C1. The quantitative estimate of drug-likeness (QED) is 0.658. The molecule has 0 atom stereocenters. The van der Waals surface area contributed by atoms with E-state index >= 15 is 0 Å². The highest BCUT2D eigenvalue weighted by Gasteiger charge is 2.30. The molecule has 1 fully saturated rings. The predicted octanol–water partition coefficient (Wildman–Crippen LogP) is 1.26. The molecule has 0 bridgehead atoms. The minimum Gasteiger partial charge on any atom is -0.378 e. The first-order valence-corrected chi connectivity index (χ1v) is 5.28. The maximum absolute atomic E-state index is 11.2. The van der Waals surface area contributed by atoms with Crippen LogP contribution in [0.3, 0.4) is 0 Å².